The average molecular weight is 465 g/mol. The molecule has 12 nitrogen and oxygen atoms in total. The summed E-state index contributed by atoms with van der Waals surface area (Å²) in [5.41, 5.74) is 5.58. The molecule has 0 saturated heterocycles. The number of carbonyl (C=O) groups excluding carboxylic acids is 1. The molecule has 0 spiro atoms. The lowest BCUT2D eigenvalue weighted by Crippen LogP contribution is -2.32. The predicted octanol–water partition coefficient (Wildman–Crippen LogP) is 0.778. The third-order valence-electron chi connectivity index (χ3n) is 4.45. The van der Waals surface area contributed by atoms with Gasteiger partial charge in [-0.25, -0.2) is 9.78 Å². The number of hydrogen-bond acceptors (Lipinski definition) is 10. The standard InChI is InChI=1S/C20H15N7O5S/c1-9(17(28)24-11-5-3-4-10(6-11)19(29)30)33-18-13(8-22)14(12(7-21)16(23)25-18)15-20(31)32-26-27(15)2/h3-6,9H,1-2H3,(H4-,23,24,25,26,28,29,30,31). The normalized spacial score (nSPS) is 11.3. The van der Waals surface area contributed by atoms with Gasteiger partial charge in [-0.2, -0.15) is 10.5 Å². The number of carboxylic acids is 1. The van der Waals surface area contributed by atoms with Gasteiger partial charge in [-0.05, 0) is 25.1 Å². The Hall–Kier alpha value is -4.62. The molecule has 33 heavy (non-hydrogen) atoms. The summed E-state index contributed by atoms with van der Waals surface area (Å²) in [5, 5.41) is 45.9. The zero-order chi connectivity index (χ0) is 24.3. The molecule has 1 aromatic carbocycles. The molecule has 0 aliphatic heterocycles. The molecule has 2 aromatic heterocycles. The molecule has 3 aromatic rings. The highest BCUT2D eigenvalue weighted by molar-refractivity contribution is 8.00. The zero-order valence-electron chi connectivity index (χ0n) is 17.2. The van der Waals surface area contributed by atoms with Crippen LogP contribution in [0, 0.1) is 22.7 Å². The molecule has 4 N–H and O–H groups in total. The molecular formula is C20H15N7O5S. The fourth-order valence-corrected chi connectivity index (χ4v) is 3.81. The van der Waals surface area contributed by atoms with Gasteiger partial charge in [0.05, 0.1) is 27.2 Å². The van der Waals surface area contributed by atoms with Crippen molar-refractivity contribution in [2.75, 3.05) is 11.1 Å². The Morgan fingerprint density at radius 1 is 1.33 bits per heavy atom. The van der Waals surface area contributed by atoms with Crippen LogP contribution in [-0.4, -0.2) is 32.5 Å². The number of aryl methyl sites for hydroxylation is 1. The average Bonchev–Trinajstić information content (AvgIpc) is 3.11. The number of pyridine rings is 1. The second-order valence-corrected chi connectivity index (χ2v) is 7.95. The fourth-order valence-electron chi connectivity index (χ4n) is 2.89. The van der Waals surface area contributed by atoms with E-state index in [1.165, 1.54) is 38.2 Å². The number of aromatic nitrogens is 3. The minimum absolute atomic E-state index is 0.000977. The van der Waals surface area contributed by atoms with Crippen molar-refractivity contribution in [3.63, 3.8) is 0 Å². The van der Waals surface area contributed by atoms with Gasteiger partial charge in [0.25, 0.3) is 5.69 Å². The zero-order valence-corrected chi connectivity index (χ0v) is 18.0. The maximum atomic E-state index is 12.7. The van der Waals surface area contributed by atoms with Crippen LogP contribution in [0.2, 0.25) is 0 Å². The van der Waals surface area contributed by atoms with Crippen molar-refractivity contribution in [3.05, 3.63) is 41.0 Å². The lowest BCUT2D eigenvalue weighted by molar-refractivity contribution is -0.730. The molecule has 0 radical (unpaired) electrons. The molecule has 0 aliphatic carbocycles. The Kier molecular flexibility index (Phi) is 6.46. The molecule has 1 atom stereocenters. The van der Waals surface area contributed by atoms with Crippen molar-refractivity contribution in [3.8, 4) is 29.3 Å². The summed E-state index contributed by atoms with van der Waals surface area (Å²) in [7, 11) is 1.40. The number of nitrogens with two attached hydrogens (primary N) is 1. The second kappa shape index (κ2) is 9.25. The van der Waals surface area contributed by atoms with Crippen LogP contribution in [0.3, 0.4) is 0 Å². The molecule has 0 bridgehead atoms. The van der Waals surface area contributed by atoms with Crippen molar-refractivity contribution >= 4 is 35.1 Å². The number of carboxylic acid groups (broad SMARTS) is 1. The van der Waals surface area contributed by atoms with E-state index in [0.717, 1.165) is 16.4 Å². The van der Waals surface area contributed by atoms with Crippen LogP contribution in [0.1, 0.15) is 28.4 Å². The van der Waals surface area contributed by atoms with Gasteiger partial charge < -0.3 is 25.8 Å². The van der Waals surface area contributed by atoms with Gasteiger partial charge in [0.15, 0.2) is 13.0 Å². The first kappa shape index (κ1) is 23.1. The number of benzene rings is 1. The molecule has 1 amide bonds. The highest BCUT2D eigenvalue weighted by Gasteiger charge is 2.30. The second-order valence-electron chi connectivity index (χ2n) is 6.62. The summed E-state index contributed by atoms with van der Waals surface area (Å²) in [5.74, 6) is -2.76. The van der Waals surface area contributed by atoms with Gasteiger partial charge in [-0.3, -0.25) is 4.79 Å². The number of rotatable bonds is 6. The van der Waals surface area contributed by atoms with Crippen molar-refractivity contribution in [2.45, 2.75) is 17.2 Å². The molecule has 1 unspecified atom stereocenters. The first-order valence-electron chi connectivity index (χ1n) is 9.15. The van der Waals surface area contributed by atoms with Crippen LogP contribution in [-0.2, 0) is 11.8 Å². The number of carbonyl (C=O) groups is 2. The molecule has 2 heterocycles. The SMILES string of the molecule is CC(Sc1nc(N)c(C#N)c(-c2c([O-])on[n+]2C)c1C#N)C(=O)Nc1cccc(C(=O)O)c1. The topological polar surface area (TPSA) is 206 Å². The van der Waals surface area contributed by atoms with E-state index in [0.29, 0.717) is 0 Å². The Balaban J connectivity index is 1.98. The first-order valence-corrected chi connectivity index (χ1v) is 10.0. The third kappa shape index (κ3) is 4.53. The number of nitriles is 2. The van der Waals surface area contributed by atoms with Crippen LogP contribution in [0.25, 0.3) is 11.3 Å². The van der Waals surface area contributed by atoms with E-state index in [1.54, 1.807) is 0 Å². The van der Waals surface area contributed by atoms with E-state index in [2.05, 4.69) is 20.1 Å². The highest BCUT2D eigenvalue weighted by atomic mass is 32.2. The number of amides is 1. The molecule has 166 valence electrons. The number of nitrogen functional groups attached to an aromatic ring is 1. The molecule has 3 rings (SSSR count). The van der Waals surface area contributed by atoms with Gasteiger partial charge in [0, 0.05) is 5.69 Å². The summed E-state index contributed by atoms with van der Waals surface area (Å²) in [6.45, 7) is 1.54. The smallest absolute Gasteiger partial charge is 0.335 e. The lowest BCUT2D eigenvalue weighted by atomic mass is 10.0. The van der Waals surface area contributed by atoms with E-state index in [9.17, 15) is 25.2 Å². The van der Waals surface area contributed by atoms with Crippen molar-refractivity contribution < 1.29 is 29.0 Å². The minimum atomic E-state index is -1.14. The predicted molar refractivity (Wildman–Crippen MR) is 112 cm³/mol. The molecular weight excluding hydrogens is 450 g/mol. The number of hydrogen-bond donors (Lipinski definition) is 3. The minimum Gasteiger partial charge on any atom is -0.539 e. The van der Waals surface area contributed by atoms with Crippen molar-refractivity contribution in [2.24, 2.45) is 7.05 Å². The van der Waals surface area contributed by atoms with E-state index < -0.39 is 23.1 Å². The van der Waals surface area contributed by atoms with Gasteiger partial charge >= 0.3 is 5.97 Å². The van der Waals surface area contributed by atoms with Crippen LogP contribution >= 0.6 is 11.8 Å². The van der Waals surface area contributed by atoms with Gasteiger partial charge in [-0.15, -0.1) is 0 Å². The van der Waals surface area contributed by atoms with E-state index >= 15 is 0 Å². The Morgan fingerprint density at radius 2 is 2.03 bits per heavy atom. The van der Waals surface area contributed by atoms with E-state index in [1.807, 2.05) is 12.1 Å². The number of nitrogens with one attached hydrogen (secondary N) is 1. The van der Waals surface area contributed by atoms with E-state index in [4.69, 9.17) is 10.8 Å². The summed E-state index contributed by atoms with van der Waals surface area (Å²) in [4.78, 5) is 27.9. The molecule has 13 heteroatoms. The summed E-state index contributed by atoms with van der Waals surface area (Å²) >= 11 is 0.875. The summed E-state index contributed by atoms with van der Waals surface area (Å²) in [6, 6.07) is 9.45. The maximum absolute atomic E-state index is 12.7. The van der Waals surface area contributed by atoms with E-state index in [-0.39, 0.29) is 44.5 Å². The Morgan fingerprint density at radius 3 is 2.61 bits per heavy atom. The number of thioether (sulfide) groups is 1. The van der Waals surface area contributed by atoms with Gasteiger partial charge in [-0.1, -0.05) is 22.5 Å². The largest absolute Gasteiger partial charge is 0.539 e. The van der Waals surface area contributed by atoms with Crippen molar-refractivity contribution in [1.29, 1.82) is 10.5 Å². The van der Waals surface area contributed by atoms with Crippen LogP contribution in [0.15, 0.2) is 33.8 Å². The first-order chi connectivity index (χ1) is 15.7. The maximum Gasteiger partial charge on any atom is 0.335 e. The molecule has 0 saturated carbocycles. The van der Waals surface area contributed by atoms with Gasteiger partial charge in [0.2, 0.25) is 5.91 Å². The number of nitrogens with zero attached hydrogens (tertiary/aromatic N) is 5. The summed E-state index contributed by atoms with van der Waals surface area (Å²) < 4.78 is 5.67. The molecule has 0 fully saturated rings. The highest BCUT2D eigenvalue weighted by Crippen LogP contribution is 2.38. The lowest BCUT2D eigenvalue weighted by Gasteiger charge is -2.15. The quantitative estimate of drug-likeness (QED) is 0.342. The fraction of sp³-hybridized carbons (Fsp3) is 0.150. The number of aromatic carboxylic acids is 1. The van der Waals surface area contributed by atoms with Crippen LogP contribution in [0.4, 0.5) is 11.5 Å². The van der Waals surface area contributed by atoms with Crippen molar-refractivity contribution in [1.82, 2.24) is 10.3 Å². The van der Waals surface area contributed by atoms with Crippen LogP contribution in [0.5, 0.6) is 5.95 Å². The molecule has 0 aliphatic rings. The Bertz CT molecular complexity index is 1340. The Labute approximate surface area is 190 Å². The third-order valence-corrected chi connectivity index (χ3v) is 5.54. The number of anilines is 2. The monoisotopic (exact) mass is 465 g/mol. The van der Waals surface area contributed by atoms with Crippen LogP contribution < -0.4 is 20.8 Å². The summed E-state index contributed by atoms with van der Waals surface area (Å²) in [6.07, 6.45) is 0. The van der Waals surface area contributed by atoms with Gasteiger partial charge in [0.1, 0.15) is 28.5 Å².